The summed E-state index contributed by atoms with van der Waals surface area (Å²) >= 11 is 0. The standard InChI is InChI=1S/C14H16N4/c1-11(17-13-3-7-15-8-4-13)12(2)18-14-5-9-16-10-6-14/h3-11H,1-2H3,(H,15,17). The number of hydrogen-bond donors (Lipinski definition) is 1. The normalized spacial score (nSPS) is 13.1. The zero-order valence-corrected chi connectivity index (χ0v) is 10.5. The van der Waals surface area contributed by atoms with Crippen LogP contribution in [0.25, 0.3) is 0 Å². The van der Waals surface area contributed by atoms with Gasteiger partial charge in [0.05, 0.1) is 11.7 Å². The number of aliphatic imine (C=N–C) groups is 1. The summed E-state index contributed by atoms with van der Waals surface area (Å²) in [5, 5.41) is 3.38. The summed E-state index contributed by atoms with van der Waals surface area (Å²) in [6, 6.07) is 7.83. The number of nitrogens with zero attached hydrogens (tertiary/aromatic N) is 3. The molecule has 0 bridgehead atoms. The van der Waals surface area contributed by atoms with Gasteiger partial charge in [0.25, 0.3) is 0 Å². The molecule has 2 aromatic rings. The van der Waals surface area contributed by atoms with E-state index in [1.807, 2.05) is 31.2 Å². The van der Waals surface area contributed by atoms with Crippen molar-refractivity contribution in [1.29, 1.82) is 0 Å². The number of aromatic nitrogens is 2. The second-order valence-electron chi connectivity index (χ2n) is 4.06. The lowest BCUT2D eigenvalue weighted by Gasteiger charge is -2.14. The first-order valence-electron chi connectivity index (χ1n) is 5.87. The molecule has 0 spiro atoms. The summed E-state index contributed by atoms with van der Waals surface area (Å²) in [4.78, 5) is 12.5. The van der Waals surface area contributed by atoms with Crippen LogP contribution in [0.1, 0.15) is 13.8 Å². The van der Waals surface area contributed by atoms with E-state index in [9.17, 15) is 0 Å². The van der Waals surface area contributed by atoms with Crippen molar-refractivity contribution in [3.63, 3.8) is 0 Å². The summed E-state index contributed by atoms with van der Waals surface area (Å²) in [6.07, 6.45) is 7.02. The maximum absolute atomic E-state index is 4.55. The van der Waals surface area contributed by atoms with Gasteiger partial charge in [-0.05, 0) is 38.1 Å². The molecule has 0 fully saturated rings. The molecular formula is C14H16N4. The summed E-state index contributed by atoms with van der Waals surface area (Å²) in [6.45, 7) is 4.10. The van der Waals surface area contributed by atoms with Crippen LogP contribution in [0.5, 0.6) is 0 Å². The Morgan fingerprint density at radius 3 is 2.22 bits per heavy atom. The molecule has 2 aromatic heterocycles. The monoisotopic (exact) mass is 240 g/mol. The van der Waals surface area contributed by atoms with E-state index >= 15 is 0 Å². The molecular weight excluding hydrogens is 224 g/mol. The number of rotatable bonds is 4. The summed E-state index contributed by atoms with van der Waals surface area (Å²) in [5.41, 5.74) is 2.99. The maximum atomic E-state index is 4.55. The molecule has 18 heavy (non-hydrogen) atoms. The molecule has 1 atom stereocenters. The molecule has 0 saturated carbocycles. The van der Waals surface area contributed by atoms with Crippen molar-refractivity contribution in [2.45, 2.75) is 19.9 Å². The van der Waals surface area contributed by atoms with E-state index in [4.69, 9.17) is 0 Å². The summed E-state index contributed by atoms with van der Waals surface area (Å²) < 4.78 is 0. The van der Waals surface area contributed by atoms with Gasteiger partial charge in [-0.1, -0.05) is 0 Å². The molecule has 0 aliphatic heterocycles. The number of hydrogen-bond acceptors (Lipinski definition) is 4. The highest BCUT2D eigenvalue weighted by Gasteiger charge is 2.05. The van der Waals surface area contributed by atoms with E-state index < -0.39 is 0 Å². The van der Waals surface area contributed by atoms with Crippen LogP contribution in [0.3, 0.4) is 0 Å². The van der Waals surface area contributed by atoms with Crippen molar-refractivity contribution in [3.8, 4) is 0 Å². The Hall–Kier alpha value is -2.23. The predicted molar refractivity (Wildman–Crippen MR) is 74.3 cm³/mol. The Labute approximate surface area is 107 Å². The minimum atomic E-state index is 0.167. The van der Waals surface area contributed by atoms with Gasteiger partial charge in [0.15, 0.2) is 0 Å². The fourth-order valence-corrected chi connectivity index (χ4v) is 1.52. The second kappa shape index (κ2) is 5.91. The fraction of sp³-hybridized carbons (Fsp3) is 0.214. The van der Waals surface area contributed by atoms with Crippen molar-refractivity contribution in [2.24, 2.45) is 4.99 Å². The van der Waals surface area contributed by atoms with Gasteiger partial charge < -0.3 is 5.32 Å². The Balaban J connectivity index is 2.05. The van der Waals surface area contributed by atoms with Crippen LogP contribution in [0.15, 0.2) is 54.0 Å². The molecule has 92 valence electrons. The molecule has 0 aliphatic carbocycles. The maximum Gasteiger partial charge on any atom is 0.0660 e. The van der Waals surface area contributed by atoms with Crippen LogP contribution >= 0.6 is 0 Å². The highest BCUT2D eigenvalue weighted by molar-refractivity contribution is 5.91. The van der Waals surface area contributed by atoms with Gasteiger partial charge in [0, 0.05) is 36.2 Å². The van der Waals surface area contributed by atoms with Gasteiger partial charge in [-0.25, -0.2) is 0 Å². The molecule has 0 radical (unpaired) electrons. The molecule has 4 nitrogen and oxygen atoms in total. The molecule has 2 rings (SSSR count). The molecule has 4 heteroatoms. The fourth-order valence-electron chi connectivity index (χ4n) is 1.52. The quantitative estimate of drug-likeness (QED) is 0.835. The first-order valence-corrected chi connectivity index (χ1v) is 5.87. The minimum Gasteiger partial charge on any atom is -0.377 e. The predicted octanol–water partition coefficient (Wildman–Crippen LogP) is 3.07. The first kappa shape index (κ1) is 12.2. The summed E-state index contributed by atoms with van der Waals surface area (Å²) in [5.74, 6) is 0. The van der Waals surface area contributed by atoms with Crippen LogP contribution in [-0.4, -0.2) is 21.7 Å². The van der Waals surface area contributed by atoms with E-state index in [2.05, 4.69) is 27.2 Å². The van der Waals surface area contributed by atoms with Crippen LogP contribution in [0.4, 0.5) is 11.4 Å². The van der Waals surface area contributed by atoms with Crippen molar-refractivity contribution < 1.29 is 0 Å². The SMILES string of the molecule is CC(=Nc1ccncc1)C(C)Nc1ccncc1. The van der Waals surface area contributed by atoms with Gasteiger partial charge in [0.1, 0.15) is 0 Å². The number of pyridine rings is 2. The van der Waals surface area contributed by atoms with Gasteiger partial charge in [-0.3, -0.25) is 15.0 Å². The molecule has 1 N–H and O–H groups in total. The van der Waals surface area contributed by atoms with Crippen molar-refractivity contribution in [2.75, 3.05) is 5.32 Å². The van der Waals surface area contributed by atoms with Gasteiger partial charge >= 0.3 is 0 Å². The van der Waals surface area contributed by atoms with Crippen LogP contribution in [-0.2, 0) is 0 Å². The van der Waals surface area contributed by atoms with E-state index in [0.717, 1.165) is 17.1 Å². The van der Waals surface area contributed by atoms with Crippen molar-refractivity contribution in [3.05, 3.63) is 49.1 Å². The Kier molecular flexibility index (Phi) is 4.02. The molecule has 0 aromatic carbocycles. The molecule has 0 saturated heterocycles. The Morgan fingerprint density at radius 1 is 1.06 bits per heavy atom. The van der Waals surface area contributed by atoms with Gasteiger partial charge in [-0.2, -0.15) is 0 Å². The molecule has 1 unspecified atom stereocenters. The Morgan fingerprint density at radius 2 is 1.61 bits per heavy atom. The zero-order valence-electron chi connectivity index (χ0n) is 10.5. The van der Waals surface area contributed by atoms with E-state index in [1.165, 1.54) is 0 Å². The third kappa shape index (κ3) is 3.38. The van der Waals surface area contributed by atoms with E-state index in [-0.39, 0.29) is 6.04 Å². The lowest BCUT2D eigenvalue weighted by Crippen LogP contribution is -2.23. The smallest absolute Gasteiger partial charge is 0.0660 e. The lowest BCUT2D eigenvalue weighted by atomic mass is 10.2. The number of anilines is 1. The topological polar surface area (TPSA) is 50.2 Å². The average Bonchev–Trinajstić information content (AvgIpc) is 2.41. The average molecular weight is 240 g/mol. The molecule has 2 heterocycles. The van der Waals surface area contributed by atoms with Gasteiger partial charge in [-0.15, -0.1) is 0 Å². The lowest BCUT2D eigenvalue weighted by molar-refractivity contribution is 1.03. The highest BCUT2D eigenvalue weighted by Crippen LogP contribution is 2.12. The van der Waals surface area contributed by atoms with Crippen molar-refractivity contribution in [1.82, 2.24) is 9.97 Å². The third-order valence-corrected chi connectivity index (χ3v) is 2.66. The Bertz CT molecular complexity index is 508. The summed E-state index contributed by atoms with van der Waals surface area (Å²) in [7, 11) is 0. The first-order chi connectivity index (χ1) is 8.75. The minimum absolute atomic E-state index is 0.167. The van der Waals surface area contributed by atoms with E-state index in [0.29, 0.717) is 0 Å². The van der Waals surface area contributed by atoms with Crippen LogP contribution in [0, 0.1) is 0 Å². The van der Waals surface area contributed by atoms with Crippen LogP contribution in [0.2, 0.25) is 0 Å². The van der Waals surface area contributed by atoms with Crippen molar-refractivity contribution >= 4 is 17.1 Å². The molecule has 0 aliphatic rings. The highest BCUT2D eigenvalue weighted by atomic mass is 14.9. The number of nitrogens with one attached hydrogen (secondary N) is 1. The van der Waals surface area contributed by atoms with Gasteiger partial charge in [0.2, 0.25) is 0 Å². The molecule has 0 amide bonds. The van der Waals surface area contributed by atoms with Crippen LogP contribution < -0.4 is 5.32 Å². The largest absolute Gasteiger partial charge is 0.377 e. The zero-order chi connectivity index (χ0) is 12.8. The second-order valence-corrected chi connectivity index (χ2v) is 4.06. The van der Waals surface area contributed by atoms with E-state index in [1.54, 1.807) is 24.8 Å². The third-order valence-electron chi connectivity index (χ3n) is 2.66.